The first-order chi connectivity index (χ1) is 14.9. The van der Waals surface area contributed by atoms with Gasteiger partial charge in [0.1, 0.15) is 16.9 Å². The molecule has 0 aliphatic carbocycles. The zero-order valence-electron chi connectivity index (χ0n) is 16.0. The molecular formula is C21H16N4O5S. The number of carbonyl (C=O) groups is 1. The van der Waals surface area contributed by atoms with Gasteiger partial charge in [0.2, 0.25) is 5.91 Å². The Labute approximate surface area is 180 Å². The molecule has 0 saturated carbocycles. The van der Waals surface area contributed by atoms with E-state index in [9.17, 15) is 25.1 Å². The topological polar surface area (TPSA) is 129 Å². The van der Waals surface area contributed by atoms with Crippen molar-refractivity contribution in [3.05, 3.63) is 82.4 Å². The minimum atomic E-state index is -0.510. The first kappa shape index (κ1) is 20.4. The second-order valence-electron chi connectivity index (χ2n) is 6.66. The smallest absolute Gasteiger partial charge is 0.271 e. The number of nitro groups is 1. The number of carbonyl (C=O) groups excluding carboxylic acids is 1. The summed E-state index contributed by atoms with van der Waals surface area (Å²) < 4.78 is 0. The molecule has 0 radical (unpaired) electrons. The molecule has 3 aromatic carbocycles. The summed E-state index contributed by atoms with van der Waals surface area (Å²) >= 11 is 1.36. The molecule has 2 N–H and O–H groups in total. The average molecular weight is 436 g/mol. The van der Waals surface area contributed by atoms with Crippen molar-refractivity contribution in [1.82, 2.24) is 0 Å². The van der Waals surface area contributed by atoms with Gasteiger partial charge in [-0.1, -0.05) is 6.07 Å². The van der Waals surface area contributed by atoms with Gasteiger partial charge in [0.05, 0.1) is 22.1 Å². The number of nitrogens with zero attached hydrogens (tertiary/aromatic N) is 4. The maximum Gasteiger partial charge on any atom is 0.271 e. The van der Waals surface area contributed by atoms with Crippen molar-refractivity contribution in [2.75, 3.05) is 10.7 Å². The van der Waals surface area contributed by atoms with E-state index in [1.165, 1.54) is 48.2 Å². The summed E-state index contributed by atoms with van der Waals surface area (Å²) in [5.74, 6) is 0.213. The zero-order valence-corrected chi connectivity index (χ0v) is 16.8. The average Bonchev–Trinajstić information content (AvgIpc) is 3.15. The van der Waals surface area contributed by atoms with Crippen molar-refractivity contribution in [1.29, 1.82) is 0 Å². The van der Waals surface area contributed by atoms with Gasteiger partial charge in [-0.25, -0.2) is 0 Å². The lowest BCUT2D eigenvalue weighted by atomic mass is 10.1. The van der Waals surface area contributed by atoms with Crippen LogP contribution in [0, 0.1) is 10.1 Å². The predicted octanol–water partition coefficient (Wildman–Crippen LogP) is 5.20. The van der Waals surface area contributed by atoms with E-state index in [4.69, 9.17) is 0 Å². The van der Waals surface area contributed by atoms with Gasteiger partial charge in [-0.15, -0.1) is 11.8 Å². The molecule has 31 heavy (non-hydrogen) atoms. The normalized spacial score (nSPS) is 16.2. The SMILES string of the molecule is O=C1CSC(c2cc(N=Nc3cccc([N+](=O)[O-])c3)ccc2O)N1c1ccc(O)cc1. The van der Waals surface area contributed by atoms with Crippen molar-refractivity contribution in [2.24, 2.45) is 10.2 Å². The second kappa shape index (κ2) is 8.44. The van der Waals surface area contributed by atoms with Crippen LogP contribution >= 0.6 is 11.8 Å². The van der Waals surface area contributed by atoms with Crippen LogP contribution in [0.2, 0.25) is 0 Å². The number of hydrogen-bond acceptors (Lipinski definition) is 8. The minimum absolute atomic E-state index is 0.00489. The fourth-order valence-corrected chi connectivity index (χ4v) is 4.33. The number of hydrogen-bond donors (Lipinski definition) is 2. The van der Waals surface area contributed by atoms with E-state index in [0.29, 0.717) is 22.6 Å². The third-order valence-corrected chi connectivity index (χ3v) is 5.79. The van der Waals surface area contributed by atoms with Crippen molar-refractivity contribution in [3.63, 3.8) is 0 Å². The van der Waals surface area contributed by atoms with Crippen LogP contribution in [0.25, 0.3) is 0 Å². The molecule has 9 nitrogen and oxygen atoms in total. The molecule has 4 rings (SSSR count). The maximum atomic E-state index is 12.5. The number of anilines is 1. The van der Waals surface area contributed by atoms with Crippen molar-refractivity contribution in [3.8, 4) is 11.5 Å². The molecule has 1 fully saturated rings. The van der Waals surface area contributed by atoms with Gasteiger partial charge >= 0.3 is 0 Å². The maximum absolute atomic E-state index is 12.5. The number of phenolic OH excluding ortho intramolecular Hbond substituents is 2. The number of non-ortho nitro benzene ring substituents is 1. The minimum Gasteiger partial charge on any atom is -0.508 e. The molecule has 1 unspecified atom stereocenters. The van der Waals surface area contributed by atoms with Crippen LogP contribution in [-0.4, -0.2) is 26.8 Å². The van der Waals surface area contributed by atoms with Gasteiger partial charge in [0.15, 0.2) is 0 Å². The molecular weight excluding hydrogens is 420 g/mol. The Morgan fingerprint density at radius 3 is 2.42 bits per heavy atom. The van der Waals surface area contributed by atoms with Gasteiger partial charge < -0.3 is 10.2 Å². The monoisotopic (exact) mass is 436 g/mol. The van der Waals surface area contributed by atoms with Crippen molar-refractivity contribution in [2.45, 2.75) is 5.37 Å². The van der Waals surface area contributed by atoms with Crippen LogP contribution < -0.4 is 4.90 Å². The molecule has 1 aliphatic heterocycles. The lowest BCUT2D eigenvalue weighted by Gasteiger charge is -2.25. The van der Waals surface area contributed by atoms with Crippen molar-refractivity contribution < 1.29 is 19.9 Å². The Balaban J connectivity index is 1.64. The third-order valence-electron chi connectivity index (χ3n) is 4.59. The summed E-state index contributed by atoms with van der Waals surface area (Å²) in [5, 5.41) is 38.5. The Bertz CT molecular complexity index is 1180. The van der Waals surface area contributed by atoms with E-state index in [1.54, 1.807) is 35.2 Å². The van der Waals surface area contributed by atoms with Gasteiger partial charge in [0, 0.05) is 23.4 Å². The van der Waals surface area contributed by atoms with E-state index in [2.05, 4.69) is 10.2 Å². The number of nitro benzene ring substituents is 1. The third kappa shape index (κ3) is 4.33. The number of aromatic hydroxyl groups is 2. The highest BCUT2D eigenvalue weighted by molar-refractivity contribution is 8.00. The number of phenols is 2. The van der Waals surface area contributed by atoms with E-state index < -0.39 is 10.3 Å². The summed E-state index contributed by atoms with van der Waals surface area (Å²) in [6.45, 7) is 0. The van der Waals surface area contributed by atoms with Gasteiger partial charge in [0.25, 0.3) is 5.69 Å². The van der Waals surface area contributed by atoms with Crippen LogP contribution in [0.1, 0.15) is 10.9 Å². The van der Waals surface area contributed by atoms with Crippen LogP contribution in [-0.2, 0) is 4.79 Å². The molecule has 0 bridgehead atoms. The number of rotatable bonds is 5. The van der Waals surface area contributed by atoms with Crippen molar-refractivity contribution >= 4 is 40.4 Å². The predicted molar refractivity (Wildman–Crippen MR) is 116 cm³/mol. The number of azo groups is 1. The van der Waals surface area contributed by atoms with Gasteiger partial charge in [-0.05, 0) is 48.5 Å². The van der Waals surface area contributed by atoms with E-state index >= 15 is 0 Å². The summed E-state index contributed by atoms with van der Waals surface area (Å²) in [4.78, 5) is 24.5. The Morgan fingerprint density at radius 1 is 1.00 bits per heavy atom. The number of thioether (sulfide) groups is 1. The molecule has 1 atom stereocenters. The van der Waals surface area contributed by atoms with E-state index in [-0.39, 0.29) is 28.8 Å². The number of benzene rings is 3. The fourth-order valence-electron chi connectivity index (χ4n) is 3.13. The lowest BCUT2D eigenvalue weighted by Crippen LogP contribution is -2.27. The standard InChI is InChI=1S/C21H16N4O5S/c26-17-7-5-15(6-8-17)24-20(28)12-31-21(24)18-11-14(4-9-19(18)27)23-22-13-2-1-3-16(10-13)25(29)30/h1-11,21,26-27H,12H2. The van der Waals surface area contributed by atoms with Crippen LogP contribution in [0.5, 0.6) is 11.5 Å². The summed E-state index contributed by atoms with van der Waals surface area (Å²) in [5.41, 5.74) is 1.73. The highest BCUT2D eigenvalue weighted by Gasteiger charge is 2.35. The first-order valence-electron chi connectivity index (χ1n) is 9.14. The summed E-state index contributed by atoms with van der Waals surface area (Å²) in [6, 6.07) is 16.7. The molecule has 1 amide bonds. The van der Waals surface area contributed by atoms with E-state index in [0.717, 1.165) is 0 Å². The Morgan fingerprint density at radius 2 is 1.71 bits per heavy atom. The van der Waals surface area contributed by atoms with E-state index in [1.807, 2.05) is 0 Å². The van der Waals surface area contributed by atoms with Crippen LogP contribution in [0.3, 0.4) is 0 Å². The quantitative estimate of drug-likeness (QED) is 0.321. The highest BCUT2D eigenvalue weighted by Crippen LogP contribution is 2.45. The Hall–Kier alpha value is -3.92. The first-order valence-corrected chi connectivity index (χ1v) is 10.2. The molecule has 156 valence electrons. The molecule has 1 heterocycles. The molecule has 1 saturated heterocycles. The largest absolute Gasteiger partial charge is 0.508 e. The van der Waals surface area contributed by atoms with Crippen LogP contribution in [0.4, 0.5) is 22.7 Å². The van der Waals surface area contributed by atoms with Gasteiger partial charge in [-0.2, -0.15) is 10.2 Å². The molecule has 10 heteroatoms. The molecule has 0 spiro atoms. The fraction of sp³-hybridized carbons (Fsp3) is 0.0952. The molecule has 3 aromatic rings. The number of amides is 1. The van der Waals surface area contributed by atoms with Crippen LogP contribution in [0.15, 0.2) is 77.0 Å². The molecule has 0 aromatic heterocycles. The second-order valence-corrected chi connectivity index (χ2v) is 7.73. The summed E-state index contributed by atoms with van der Waals surface area (Å²) in [7, 11) is 0. The highest BCUT2D eigenvalue weighted by atomic mass is 32.2. The lowest BCUT2D eigenvalue weighted by molar-refractivity contribution is -0.384. The summed E-state index contributed by atoms with van der Waals surface area (Å²) in [6.07, 6.45) is 0. The zero-order chi connectivity index (χ0) is 22.0. The Kier molecular flexibility index (Phi) is 5.54. The molecule has 1 aliphatic rings. The van der Waals surface area contributed by atoms with Gasteiger partial charge in [-0.3, -0.25) is 19.8 Å².